The summed E-state index contributed by atoms with van der Waals surface area (Å²) in [4.78, 5) is 0.252. The topological polar surface area (TPSA) is 76.9 Å². The van der Waals surface area contributed by atoms with Crippen LogP contribution in [0.4, 0.5) is 0 Å². The van der Waals surface area contributed by atoms with Crippen molar-refractivity contribution < 1.29 is 8.42 Å². The maximum Gasteiger partial charge on any atom is 0.240 e. The summed E-state index contributed by atoms with van der Waals surface area (Å²) >= 11 is 0. The smallest absolute Gasteiger partial charge is 0.240 e. The molecule has 126 valence electrons. The van der Waals surface area contributed by atoms with Crippen molar-refractivity contribution >= 4 is 10.0 Å². The number of aromatic nitrogens is 3. The molecule has 0 fully saturated rings. The second kappa shape index (κ2) is 6.41. The van der Waals surface area contributed by atoms with E-state index in [4.69, 9.17) is 0 Å². The Morgan fingerprint density at radius 3 is 2.26 bits per heavy atom. The average Bonchev–Trinajstić information content (AvgIpc) is 2.94. The van der Waals surface area contributed by atoms with Crippen molar-refractivity contribution in [1.82, 2.24) is 19.7 Å². The van der Waals surface area contributed by atoms with Crippen molar-refractivity contribution in [1.29, 1.82) is 0 Å². The van der Waals surface area contributed by atoms with Gasteiger partial charge < -0.3 is 0 Å². The van der Waals surface area contributed by atoms with Crippen LogP contribution in [-0.4, -0.2) is 23.4 Å². The Kier molecular flexibility index (Phi) is 4.91. The van der Waals surface area contributed by atoms with Crippen LogP contribution < -0.4 is 4.72 Å². The first-order valence-electron chi connectivity index (χ1n) is 7.60. The van der Waals surface area contributed by atoms with Crippen LogP contribution in [0.3, 0.4) is 0 Å². The van der Waals surface area contributed by atoms with Crippen molar-refractivity contribution in [2.24, 2.45) is 0 Å². The van der Waals surface area contributed by atoms with E-state index in [2.05, 4.69) is 35.8 Å². The van der Waals surface area contributed by atoms with Gasteiger partial charge in [0.1, 0.15) is 0 Å². The molecule has 6 nitrogen and oxygen atoms in total. The summed E-state index contributed by atoms with van der Waals surface area (Å²) in [5.74, 6) is 0. The quantitative estimate of drug-likeness (QED) is 0.910. The number of hydrogen-bond acceptors (Lipinski definition) is 4. The molecule has 2 rings (SSSR count). The van der Waals surface area contributed by atoms with E-state index in [9.17, 15) is 8.42 Å². The molecule has 0 radical (unpaired) electrons. The van der Waals surface area contributed by atoms with Crippen LogP contribution >= 0.6 is 0 Å². The van der Waals surface area contributed by atoms with Crippen LogP contribution in [0.15, 0.2) is 35.4 Å². The van der Waals surface area contributed by atoms with Crippen LogP contribution in [0.1, 0.15) is 51.9 Å². The lowest BCUT2D eigenvalue weighted by atomic mass is 9.87. The van der Waals surface area contributed by atoms with Gasteiger partial charge in [-0.2, -0.15) is 0 Å². The minimum absolute atomic E-state index is 0.00886. The first-order chi connectivity index (χ1) is 10.6. The molecule has 0 saturated heterocycles. The number of sulfonamides is 1. The summed E-state index contributed by atoms with van der Waals surface area (Å²) in [6.45, 7) is 10.4. The highest BCUT2D eigenvalue weighted by atomic mass is 32.2. The van der Waals surface area contributed by atoms with Crippen LogP contribution in [0.25, 0.3) is 0 Å². The zero-order valence-electron chi connectivity index (χ0n) is 14.2. The Morgan fingerprint density at radius 2 is 1.78 bits per heavy atom. The Balaban J connectivity index is 2.09. The first kappa shape index (κ1) is 17.6. The van der Waals surface area contributed by atoms with Crippen molar-refractivity contribution in [3.63, 3.8) is 0 Å². The van der Waals surface area contributed by atoms with Crippen molar-refractivity contribution in [2.75, 3.05) is 0 Å². The molecular formula is C16H24N4O2S. The van der Waals surface area contributed by atoms with Crippen molar-refractivity contribution in [3.8, 4) is 0 Å². The van der Waals surface area contributed by atoms with Gasteiger partial charge in [0.05, 0.1) is 23.3 Å². The normalized spacial score (nSPS) is 12.8. The van der Waals surface area contributed by atoms with Crippen LogP contribution in [0.2, 0.25) is 0 Å². The van der Waals surface area contributed by atoms with Gasteiger partial charge in [-0.25, -0.2) is 17.8 Å². The Bertz CT molecular complexity index is 756. The summed E-state index contributed by atoms with van der Waals surface area (Å²) in [5.41, 5.74) is 1.68. The van der Waals surface area contributed by atoms with Gasteiger partial charge in [-0.15, -0.1) is 5.10 Å². The number of nitrogens with one attached hydrogen (secondary N) is 1. The van der Waals surface area contributed by atoms with Gasteiger partial charge in [0.2, 0.25) is 10.0 Å². The molecule has 1 aromatic heterocycles. The Hall–Kier alpha value is -1.73. The predicted octanol–water partition coefficient (Wildman–Crippen LogP) is 2.64. The Morgan fingerprint density at radius 1 is 1.17 bits per heavy atom. The molecule has 1 aromatic carbocycles. The Labute approximate surface area is 138 Å². The van der Waals surface area contributed by atoms with Crippen LogP contribution in [0, 0.1) is 0 Å². The van der Waals surface area contributed by atoms with Gasteiger partial charge in [-0.1, -0.05) is 38.1 Å². The van der Waals surface area contributed by atoms with Crippen LogP contribution in [0.5, 0.6) is 0 Å². The van der Waals surface area contributed by atoms with E-state index < -0.39 is 10.0 Å². The van der Waals surface area contributed by atoms with E-state index in [1.165, 1.54) is 0 Å². The summed E-state index contributed by atoms with van der Waals surface area (Å²) in [6.07, 6.45) is 1.75. The molecule has 0 bridgehead atoms. The number of benzene rings is 1. The maximum atomic E-state index is 12.3. The maximum absolute atomic E-state index is 12.3. The highest BCUT2D eigenvalue weighted by molar-refractivity contribution is 7.89. The number of nitrogens with zero attached hydrogens (tertiary/aromatic N) is 3. The van der Waals surface area contributed by atoms with E-state index >= 15 is 0 Å². The average molecular weight is 336 g/mol. The standard InChI is InChI=1S/C16H24N4O2S/c1-12(2)20-11-14(18-19-20)10-17-23(21,22)15-8-6-13(7-9-15)16(3,4)5/h6-9,11-12,17H,10H2,1-5H3. The van der Waals surface area contributed by atoms with E-state index in [0.717, 1.165) is 5.56 Å². The molecular weight excluding hydrogens is 312 g/mol. The summed E-state index contributed by atoms with van der Waals surface area (Å²) < 4.78 is 28.9. The van der Waals surface area contributed by atoms with E-state index in [1.54, 1.807) is 23.0 Å². The largest absolute Gasteiger partial charge is 0.250 e. The summed E-state index contributed by atoms with van der Waals surface area (Å²) in [7, 11) is -3.56. The molecule has 1 N–H and O–H groups in total. The highest BCUT2D eigenvalue weighted by Gasteiger charge is 2.18. The third-order valence-electron chi connectivity index (χ3n) is 3.56. The summed E-state index contributed by atoms with van der Waals surface area (Å²) in [6, 6.07) is 7.16. The first-order valence-corrected chi connectivity index (χ1v) is 9.09. The molecule has 2 aromatic rings. The molecule has 0 atom stereocenters. The van der Waals surface area contributed by atoms with Crippen molar-refractivity contribution in [3.05, 3.63) is 41.7 Å². The van der Waals surface area contributed by atoms with Gasteiger partial charge in [0.25, 0.3) is 0 Å². The number of hydrogen-bond donors (Lipinski definition) is 1. The second-order valence-corrected chi connectivity index (χ2v) is 8.65. The summed E-state index contributed by atoms with van der Waals surface area (Å²) in [5, 5.41) is 7.93. The van der Waals surface area contributed by atoms with Crippen LogP contribution in [-0.2, 0) is 22.0 Å². The third-order valence-corrected chi connectivity index (χ3v) is 4.98. The zero-order chi connectivity index (χ0) is 17.3. The molecule has 0 aliphatic rings. The molecule has 0 aliphatic carbocycles. The molecule has 0 unspecified atom stereocenters. The minimum atomic E-state index is -3.56. The zero-order valence-corrected chi connectivity index (χ0v) is 15.1. The molecule has 0 spiro atoms. The van der Waals surface area contributed by atoms with Crippen molar-refractivity contribution in [2.45, 2.75) is 57.5 Å². The molecule has 0 amide bonds. The van der Waals surface area contributed by atoms with Gasteiger partial charge in [-0.3, -0.25) is 0 Å². The molecule has 1 heterocycles. The fourth-order valence-electron chi connectivity index (χ4n) is 2.03. The molecule has 23 heavy (non-hydrogen) atoms. The molecule has 7 heteroatoms. The molecule has 0 saturated carbocycles. The second-order valence-electron chi connectivity index (χ2n) is 6.88. The lowest BCUT2D eigenvalue weighted by Crippen LogP contribution is -2.23. The van der Waals surface area contributed by atoms with Gasteiger partial charge in [-0.05, 0) is 37.0 Å². The van der Waals surface area contributed by atoms with E-state index in [-0.39, 0.29) is 22.9 Å². The van der Waals surface area contributed by atoms with Gasteiger partial charge in [0, 0.05) is 6.04 Å². The SMILES string of the molecule is CC(C)n1cc(CNS(=O)(=O)c2ccc(C(C)(C)C)cc2)nn1. The minimum Gasteiger partial charge on any atom is -0.250 e. The lowest BCUT2D eigenvalue weighted by molar-refractivity contribution is 0.514. The third kappa shape index (κ3) is 4.39. The lowest BCUT2D eigenvalue weighted by Gasteiger charge is -2.19. The fraction of sp³-hybridized carbons (Fsp3) is 0.500. The number of rotatable bonds is 5. The van der Waals surface area contributed by atoms with E-state index in [1.807, 2.05) is 26.0 Å². The van der Waals surface area contributed by atoms with Gasteiger partial charge in [0.15, 0.2) is 0 Å². The van der Waals surface area contributed by atoms with Gasteiger partial charge >= 0.3 is 0 Å². The fourth-order valence-corrected chi connectivity index (χ4v) is 3.03. The monoisotopic (exact) mass is 336 g/mol. The van der Waals surface area contributed by atoms with E-state index in [0.29, 0.717) is 5.69 Å². The molecule has 0 aliphatic heterocycles. The highest BCUT2D eigenvalue weighted by Crippen LogP contribution is 2.23. The predicted molar refractivity (Wildman–Crippen MR) is 89.6 cm³/mol.